The van der Waals surface area contributed by atoms with Crippen molar-refractivity contribution >= 4 is 5.91 Å². The summed E-state index contributed by atoms with van der Waals surface area (Å²) in [6.45, 7) is 5.25. The van der Waals surface area contributed by atoms with Gasteiger partial charge in [0.25, 0.3) is 0 Å². The highest BCUT2D eigenvalue weighted by Gasteiger charge is 2.14. The Kier molecular flexibility index (Phi) is 7.96. The molecule has 0 radical (unpaired) electrons. The van der Waals surface area contributed by atoms with E-state index in [-0.39, 0.29) is 11.9 Å². The fourth-order valence-corrected chi connectivity index (χ4v) is 2.54. The lowest BCUT2D eigenvalue weighted by Gasteiger charge is -2.24. The van der Waals surface area contributed by atoms with E-state index in [0.717, 1.165) is 30.7 Å². The van der Waals surface area contributed by atoms with Crippen LogP contribution in [-0.4, -0.2) is 44.6 Å². The molecule has 1 aromatic rings. The van der Waals surface area contributed by atoms with E-state index in [1.807, 2.05) is 38.4 Å². The lowest BCUT2D eigenvalue weighted by molar-refractivity contribution is -0.121. The first-order valence-electron chi connectivity index (χ1n) is 7.97. The van der Waals surface area contributed by atoms with Gasteiger partial charge < -0.3 is 15.0 Å². The molecule has 0 fully saturated rings. The Hall–Kier alpha value is -1.55. The van der Waals surface area contributed by atoms with E-state index in [1.165, 1.54) is 0 Å². The summed E-state index contributed by atoms with van der Waals surface area (Å²) in [6.07, 6.45) is 2.28. The second-order valence-electron chi connectivity index (χ2n) is 6.50. The lowest BCUT2D eigenvalue weighted by atomic mass is 10.0. The number of carbonyl (C=O) groups is 1. The number of carbonyl (C=O) groups excluding carboxylic acids is 1. The normalized spacial score (nSPS) is 12.5. The second-order valence-corrected chi connectivity index (χ2v) is 6.50. The molecule has 0 saturated heterocycles. The van der Waals surface area contributed by atoms with Crippen LogP contribution in [0, 0.1) is 5.92 Å². The van der Waals surface area contributed by atoms with Crippen molar-refractivity contribution in [3.8, 4) is 5.75 Å². The summed E-state index contributed by atoms with van der Waals surface area (Å²) in [6, 6.07) is 8.11. The Labute approximate surface area is 134 Å². The first kappa shape index (κ1) is 18.5. The van der Waals surface area contributed by atoms with Crippen molar-refractivity contribution in [2.24, 2.45) is 5.92 Å². The highest BCUT2D eigenvalue weighted by molar-refractivity contribution is 5.76. The Bertz CT molecular complexity index is 431. The fraction of sp³-hybridized carbons (Fsp3) is 0.611. The van der Waals surface area contributed by atoms with Gasteiger partial charge in [-0.05, 0) is 50.6 Å². The smallest absolute Gasteiger partial charge is 0.220 e. The van der Waals surface area contributed by atoms with E-state index in [9.17, 15) is 4.79 Å². The quantitative estimate of drug-likeness (QED) is 0.763. The standard InChI is InChI=1S/C18H30N2O2/c1-14(2)12-16(13-20(3)4)19-18(21)11-8-15-6-9-17(22-5)10-7-15/h6-7,9-10,14,16H,8,11-13H2,1-5H3,(H,19,21). The minimum atomic E-state index is 0.128. The molecule has 0 aromatic heterocycles. The van der Waals surface area contributed by atoms with Crippen molar-refractivity contribution in [2.75, 3.05) is 27.7 Å². The zero-order valence-electron chi connectivity index (χ0n) is 14.6. The van der Waals surface area contributed by atoms with Crippen LogP contribution in [0.4, 0.5) is 0 Å². The minimum absolute atomic E-state index is 0.128. The third-order valence-corrected chi connectivity index (χ3v) is 3.51. The minimum Gasteiger partial charge on any atom is -0.497 e. The van der Waals surface area contributed by atoms with Crippen molar-refractivity contribution < 1.29 is 9.53 Å². The number of aryl methyl sites for hydroxylation is 1. The molecule has 1 amide bonds. The zero-order chi connectivity index (χ0) is 16.5. The summed E-state index contributed by atoms with van der Waals surface area (Å²) in [5.74, 6) is 1.55. The van der Waals surface area contributed by atoms with Crippen LogP contribution in [0.1, 0.15) is 32.3 Å². The highest BCUT2D eigenvalue weighted by atomic mass is 16.5. The maximum atomic E-state index is 12.2. The number of ether oxygens (including phenoxy) is 1. The van der Waals surface area contributed by atoms with Crippen LogP contribution in [0.2, 0.25) is 0 Å². The van der Waals surface area contributed by atoms with Gasteiger partial charge in [-0.15, -0.1) is 0 Å². The number of benzene rings is 1. The van der Waals surface area contributed by atoms with Gasteiger partial charge in [-0.2, -0.15) is 0 Å². The van der Waals surface area contributed by atoms with Crippen LogP contribution >= 0.6 is 0 Å². The van der Waals surface area contributed by atoms with Gasteiger partial charge in [0.2, 0.25) is 5.91 Å². The number of methoxy groups -OCH3 is 1. The lowest BCUT2D eigenvalue weighted by Crippen LogP contribution is -2.42. The molecule has 0 heterocycles. The fourth-order valence-electron chi connectivity index (χ4n) is 2.54. The molecule has 1 unspecified atom stereocenters. The van der Waals surface area contributed by atoms with Gasteiger partial charge in [0.15, 0.2) is 0 Å². The number of likely N-dealkylation sites (N-methyl/N-ethyl adjacent to an activating group) is 1. The van der Waals surface area contributed by atoms with Crippen molar-refractivity contribution in [2.45, 2.75) is 39.2 Å². The first-order chi connectivity index (χ1) is 10.4. The molecule has 0 aliphatic carbocycles. The Morgan fingerprint density at radius 1 is 1.23 bits per heavy atom. The molecule has 0 bridgehead atoms. The molecule has 1 aromatic carbocycles. The van der Waals surface area contributed by atoms with E-state index in [1.54, 1.807) is 7.11 Å². The number of hydrogen-bond acceptors (Lipinski definition) is 3. The SMILES string of the molecule is COc1ccc(CCC(=O)NC(CC(C)C)CN(C)C)cc1. The van der Waals surface area contributed by atoms with Gasteiger partial charge in [0, 0.05) is 19.0 Å². The highest BCUT2D eigenvalue weighted by Crippen LogP contribution is 2.13. The van der Waals surface area contributed by atoms with E-state index in [4.69, 9.17) is 4.74 Å². The van der Waals surface area contributed by atoms with Crippen molar-refractivity contribution in [1.29, 1.82) is 0 Å². The number of amides is 1. The molecule has 1 N–H and O–H groups in total. The number of nitrogens with zero attached hydrogens (tertiary/aromatic N) is 1. The second kappa shape index (κ2) is 9.46. The topological polar surface area (TPSA) is 41.6 Å². The van der Waals surface area contributed by atoms with Gasteiger partial charge in [0.05, 0.1) is 7.11 Å². The molecular formula is C18H30N2O2. The number of rotatable bonds is 9. The molecule has 1 atom stereocenters. The van der Waals surface area contributed by atoms with Crippen molar-refractivity contribution in [3.63, 3.8) is 0 Å². The molecule has 0 saturated carbocycles. The molecule has 4 heteroatoms. The largest absolute Gasteiger partial charge is 0.497 e. The van der Waals surface area contributed by atoms with E-state index < -0.39 is 0 Å². The van der Waals surface area contributed by atoms with Crippen LogP contribution in [0.25, 0.3) is 0 Å². The van der Waals surface area contributed by atoms with E-state index >= 15 is 0 Å². The number of hydrogen-bond donors (Lipinski definition) is 1. The third-order valence-electron chi connectivity index (χ3n) is 3.51. The average Bonchev–Trinajstić information content (AvgIpc) is 2.44. The van der Waals surface area contributed by atoms with Crippen LogP contribution < -0.4 is 10.1 Å². The van der Waals surface area contributed by atoms with Gasteiger partial charge in [-0.3, -0.25) is 4.79 Å². The Morgan fingerprint density at radius 2 is 1.86 bits per heavy atom. The van der Waals surface area contributed by atoms with E-state index in [0.29, 0.717) is 12.3 Å². The van der Waals surface area contributed by atoms with Gasteiger partial charge in [-0.25, -0.2) is 0 Å². The van der Waals surface area contributed by atoms with E-state index in [2.05, 4.69) is 24.1 Å². The van der Waals surface area contributed by atoms with Gasteiger partial charge in [-0.1, -0.05) is 26.0 Å². The third kappa shape index (κ3) is 7.46. The predicted octanol–water partition coefficient (Wildman–Crippen LogP) is 2.72. The molecule has 124 valence electrons. The van der Waals surface area contributed by atoms with Gasteiger partial charge in [0.1, 0.15) is 5.75 Å². The summed E-state index contributed by atoms with van der Waals surface area (Å²) >= 11 is 0. The summed E-state index contributed by atoms with van der Waals surface area (Å²) in [5, 5.41) is 3.17. The summed E-state index contributed by atoms with van der Waals surface area (Å²) in [7, 11) is 5.73. The predicted molar refractivity (Wildman–Crippen MR) is 91.3 cm³/mol. The molecular weight excluding hydrogens is 276 g/mol. The molecule has 22 heavy (non-hydrogen) atoms. The first-order valence-corrected chi connectivity index (χ1v) is 7.97. The van der Waals surface area contributed by atoms with Crippen LogP contribution in [-0.2, 0) is 11.2 Å². The van der Waals surface area contributed by atoms with Crippen molar-refractivity contribution in [1.82, 2.24) is 10.2 Å². The number of nitrogens with one attached hydrogen (secondary N) is 1. The van der Waals surface area contributed by atoms with Crippen LogP contribution in [0.15, 0.2) is 24.3 Å². The Balaban J connectivity index is 2.44. The van der Waals surface area contributed by atoms with Crippen LogP contribution in [0.5, 0.6) is 5.75 Å². The van der Waals surface area contributed by atoms with Crippen LogP contribution in [0.3, 0.4) is 0 Å². The van der Waals surface area contributed by atoms with Crippen molar-refractivity contribution in [3.05, 3.63) is 29.8 Å². The molecule has 0 spiro atoms. The molecule has 1 rings (SSSR count). The maximum Gasteiger partial charge on any atom is 0.220 e. The molecule has 0 aliphatic rings. The summed E-state index contributed by atoms with van der Waals surface area (Å²) < 4.78 is 5.14. The van der Waals surface area contributed by atoms with Gasteiger partial charge >= 0.3 is 0 Å². The average molecular weight is 306 g/mol. The summed E-state index contributed by atoms with van der Waals surface area (Å²) in [5.41, 5.74) is 1.16. The molecule has 0 aliphatic heterocycles. The monoisotopic (exact) mass is 306 g/mol. The maximum absolute atomic E-state index is 12.2. The molecule has 4 nitrogen and oxygen atoms in total. The Morgan fingerprint density at radius 3 is 2.36 bits per heavy atom. The zero-order valence-corrected chi connectivity index (χ0v) is 14.6. The summed E-state index contributed by atoms with van der Waals surface area (Å²) in [4.78, 5) is 14.3.